The summed E-state index contributed by atoms with van der Waals surface area (Å²) in [5.74, 6) is 0.674. The van der Waals surface area contributed by atoms with Gasteiger partial charge < -0.3 is 15.1 Å². The monoisotopic (exact) mass is 256 g/mol. The first-order valence-electron chi connectivity index (χ1n) is 6.45. The van der Waals surface area contributed by atoms with Gasteiger partial charge in [-0.2, -0.15) is 0 Å². The van der Waals surface area contributed by atoms with Gasteiger partial charge in [0, 0.05) is 17.8 Å². The summed E-state index contributed by atoms with van der Waals surface area (Å²) in [5, 5.41) is 6.21. The van der Waals surface area contributed by atoms with Gasteiger partial charge in [0.2, 0.25) is 0 Å². The molecule has 1 unspecified atom stereocenters. The van der Waals surface area contributed by atoms with Gasteiger partial charge in [-0.15, -0.1) is 0 Å². The standard InChI is InChI=1S/C15H16N2O2/c1-10(14-3-2-8-19-14)17-15(18)12-5-4-11-6-7-16-13(11)9-12/h2-5,8-10,16H,6-7H2,1H3,(H,17,18). The third kappa shape index (κ3) is 2.34. The van der Waals surface area contributed by atoms with Crippen LogP contribution in [0.15, 0.2) is 41.0 Å². The van der Waals surface area contributed by atoms with Crippen molar-refractivity contribution < 1.29 is 9.21 Å². The molecule has 1 aliphatic rings. The average Bonchev–Trinajstić information content (AvgIpc) is 3.09. The van der Waals surface area contributed by atoms with Gasteiger partial charge in [-0.1, -0.05) is 6.07 Å². The number of benzene rings is 1. The highest BCUT2D eigenvalue weighted by molar-refractivity contribution is 5.95. The Balaban J connectivity index is 1.74. The van der Waals surface area contributed by atoms with Crippen molar-refractivity contribution in [1.29, 1.82) is 0 Å². The maximum atomic E-state index is 12.2. The predicted molar refractivity (Wildman–Crippen MR) is 73.2 cm³/mol. The van der Waals surface area contributed by atoms with E-state index in [-0.39, 0.29) is 11.9 Å². The number of hydrogen-bond acceptors (Lipinski definition) is 3. The molecule has 1 amide bonds. The van der Waals surface area contributed by atoms with Crippen molar-refractivity contribution in [2.45, 2.75) is 19.4 Å². The number of rotatable bonds is 3. The van der Waals surface area contributed by atoms with Crippen molar-refractivity contribution in [1.82, 2.24) is 5.32 Å². The van der Waals surface area contributed by atoms with Gasteiger partial charge in [0.25, 0.3) is 5.91 Å². The third-order valence-corrected chi connectivity index (χ3v) is 3.40. The molecule has 2 N–H and O–H groups in total. The molecule has 1 atom stereocenters. The van der Waals surface area contributed by atoms with Crippen molar-refractivity contribution in [2.75, 3.05) is 11.9 Å². The Morgan fingerprint density at radius 3 is 3.11 bits per heavy atom. The van der Waals surface area contributed by atoms with Crippen molar-refractivity contribution in [3.05, 3.63) is 53.5 Å². The Kier molecular flexibility index (Phi) is 2.99. The van der Waals surface area contributed by atoms with E-state index in [1.807, 2.05) is 37.3 Å². The maximum absolute atomic E-state index is 12.2. The van der Waals surface area contributed by atoms with Crippen molar-refractivity contribution in [2.24, 2.45) is 0 Å². The summed E-state index contributed by atoms with van der Waals surface area (Å²) in [6.45, 7) is 2.85. The fourth-order valence-corrected chi connectivity index (χ4v) is 2.32. The maximum Gasteiger partial charge on any atom is 0.251 e. The van der Waals surface area contributed by atoms with E-state index in [0.29, 0.717) is 5.56 Å². The minimum absolute atomic E-state index is 0.0830. The van der Waals surface area contributed by atoms with E-state index in [0.717, 1.165) is 24.4 Å². The zero-order valence-corrected chi connectivity index (χ0v) is 10.8. The van der Waals surface area contributed by atoms with Crippen LogP contribution in [0.3, 0.4) is 0 Å². The number of carbonyl (C=O) groups is 1. The first kappa shape index (κ1) is 11.8. The quantitative estimate of drug-likeness (QED) is 0.887. The molecule has 0 spiro atoms. The van der Waals surface area contributed by atoms with E-state index in [1.54, 1.807) is 6.26 Å². The van der Waals surface area contributed by atoms with E-state index < -0.39 is 0 Å². The molecule has 1 aliphatic heterocycles. The van der Waals surface area contributed by atoms with Crippen LogP contribution in [0, 0.1) is 0 Å². The molecular formula is C15H16N2O2. The smallest absolute Gasteiger partial charge is 0.251 e. The normalized spacial score (nSPS) is 14.6. The van der Waals surface area contributed by atoms with Crippen molar-refractivity contribution in [3.63, 3.8) is 0 Å². The lowest BCUT2D eigenvalue weighted by atomic mass is 10.1. The Morgan fingerprint density at radius 1 is 1.42 bits per heavy atom. The molecule has 4 nitrogen and oxygen atoms in total. The molecule has 19 heavy (non-hydrogen) atoms. The van der Waals surface area contributed by atoms with Gasteiger partial charge in [-0.25, -0.2) is 0 Å². The van der Waals surface area contributed by atoms with Crippen LogP contribution >= 0.6 is 0 Å². The van der Waals surface area contributed by atoms with Crippen LogP contribution in [-0.2, 0) is 6.42 Å². The predicted octanol–water partition coefficient (Wildman–Crippen LogP) is 2.74. The third-order valence-electron chi connectivity index (χ3n) is 3.40. The van der Waals surface area contributed by atoms with Gasteiger partial charge in [0.05, 0.1) is 12.3 Å². The topological polar surface area (TPSA) is 54.3 Å². The molecule has 4 heteroatoms. The number of nitrogens with one attached hydrogen (secondary N) is 2. The Hall–Kier alpha value is -2.23. The van der Waals surface area contributed by atoms with Gasteiger partial charge in [-0.05, 0) is 43.2 Å². The van der Waals surface area contributed by atoms with E-state index in [1.165, 1.54) is 5.56 Å². The van der Waals surface area contributed by atoms with Crippen LogP contribution in [-0.4, -0.2) is 12.5 Å². The highest BCUT2D eigenvalue weighted by Crippen LogP contribution is 2.23. The van der Waals surface area contributed by atoms with Crippen molar-refractivity contribution in [3.8, 4) is 0 Å². The van der Waals surface area contributed by atoms with Crippen LogP contribution in [0.2, 0.25) is 0 Å². The van der Waals surface area contributed by atoms with Crippen molar-refractivity contribution >= 4 is 11.6 Å². The molecule has 3 rings (SSSR count). The second kappa shape index (κ2) is 4.80. The largest absolute Gasteiger partial charge is 0.467 e. The lowest BCUT2D eigenvalue weighted by molar-refractivity contribution is 0.0935. The zero-order chi connectivity index (χ0) is 13.2. The molecule has 1 aromatic carbocycles. The van der Waals surface area contributed by atoms with E-state index in [2.05, 4.69) is 10.6 Å². The van der Waals surface area contributed by atoms with Gasteiger partial charge >= 0.3 is 0 Å². The zero-order valence-electron chi connectivity index (χ0n) is 10.8. The molecule has 0 radical (unpaired) electrons. The fraction of sp³-hybridized carbons (Fsp3) is 0.267. The van der Waals surface area contributed by atoms with E-state index in [9.17, 15) is 4.79 Å². The summed E-state index contributed by atoms with van der Waals surface area (Å²) in [4.78, 5) is 12.2. The molecule has 0 saturated heterocycles. The lowest BCUT2D eigenvalue weighted by Crippen LogP contribution is -2.26. The minimum Gasteiger partial charge on any atom is -0.467 e. The fourth-order valence-electron chi connectivity index (χ4n) is 2.32. The summed E-state index contributed by atoms with van der Waals surface area (Å²) in [6, 6.07) is 9.33. The molecule has 2 heterocycles. The van der Waals surface area contributed by atoms with Crippen LogP contribution in [0.4, 0.5) is 5.69 Å². The minimum atomic E-state index is -0.135. The number of furan rings is 1. The van der Waals surface area contributed by atoms with Gasteiger partial charge in [0.1, 0.15) is 5.76 Å². The van der Waals surface area contributed by atoms with Crippen LogP contribution in [0.5, 0.6) is 0 Å². The number of amides is 1. The number of fused-ring (bicyclic) bond motifs is 1. The Bertz CT molecular complexity index is 590. The number of anilines is 1. The van der Waals surface area contributed by atoms with Crippen LogP contribution in [0.1, 0.15) is 34.6 Å². The second-order valence-corrected chi connectivity index (χ2v) is 4.76. The molecule has 98 valence electrons. The molecule has 0 fully saturated rings. The summed E-state index contributed by atoms with van der Waals surface area (Å²) in [7, 11) is 0. The Labute approximate surface area is 111 Å². The van der Waals surface area contributed by atoms with E-state index in [4.69, 9.17) is 4.42 Å². The molecular weight excluding hydrogens is 240 g/mol. The highest BCUT2D eigenvalue weighted by atomic mass is 16.3. The summed E-state index contributed by atoms with van der Waals surface area (Å²) in [5.41, 5.74) is 3.01. The molecule has 1 aromatic heterocycles. The molecule has 2 aromatic rings. The van der Waals surface area contributed by atoms with Gasteiger partial charge in [-0.3, -0.25) is 4.79 Å². The van der Waals surface area contributed by atoms with Gasteiger partial charge in [0.15, 0.2) is 0 Å². The van der Waals surface area contributed by atoms with Crippen LogP contribution in [0.25, 0.3) is 0 Å². The first-order chi connectivity index (χ1) is 9.24. The van der Waals surface area contributed by atoms with E-state index >= 15 is 0 Å². The lowest BCUT2D eigenvalue weighted by Gasteiger charge is -2.12. The SMILES string of the molecule is CC(NC(=O)c1ccc2c(c1)NCC2)c1ccco1. The summed E-state index contributed by atoms with van der Waals surface area (Å²) >= 11 is 0. The molecule has 0 bridgehead atoms. The Morgan fingerprint density at radius 2 is 2.32 bits per heavy atom. The summed E-state index contributed by atoms with van der Waals surface area (Å²) in [6.07, 6.45) is 2.64. The van der Waals surface area contributed by atoms with Crippen LogP contribution < -0.4 is 10.6 Å². The number of hydrogen-bond donors (Lipinski definition) is 2. The second-order valence-electron chi connectivity index (χ2n) is 4.76. The molecule has 0 saturated carbocycles. The molecule has 0 aliphatic carbocycles. The number of carbonyl (C=O) groups excluding carboxylic acids is 1. The average molecular weight is 256 g/mol. The summed E-state index contributed by atoms with van der Waals surface area (Å²) < 4.78 is 5.28. The highest BCUT2D eigenvalue weighted by Gasteiger charge is 2.16. The first-order valence-corrected chi connectivity index (χ1v) is 6.45.